The summed E-state index contributed by atoms with van der Waals surface area (Å²) in [6.07, 6.45) is 3.13. The molecule has 12 heavy (non-hydrogen) atoms. The molecule has 0 amide bonds. The number of carboxylic acid groups (broad SMARTS) is 1. The van der Waals surface area contributed by atoms with Gasteiger partial charge in [0.25, 0.3) is 0 Å². The Morgan fingerprint density at radius 1 is 1.58 bits per heavy atom. The first-order chi connectivity index (χ1) is 5.68. The number of ether oxygens (including phenoxy) is 1. The van der Waals surface area contributed by atoms with E-state index in [9.17, 15) is 4.79 Å². The van der Waals surface area contributed by atoms with Gasteiger partial charge in [0, 0.05) is 6.04 Å². The van der Waals surface area contributed by atoms with Crippen LogP contribution in [-0.4, -0.2) is 29.8 Å². The van der Waals surface area contributed by atoms with E-state index in [-0.39, 0.29) is 18.6 Å². The summed E-state index contributed by atoms with van der Waals surface area (Å²) in [5, 5.41) is 8.33. The summed E-state index contributed by atoms with van der Waals surface area (Å²) in [5.41, 5.74) is 5.66. The van der Waals surface area contributed by atoms with Crippen molar-refractivity contribution in [2.24, 2.45) is 5.73 Å². The molecule has 2 atom stereocenters. The quantitative estimate of drug-likeness (QED) is 0.643. The Labute approximate surface area is 71.7 Å². The molecule has 0 heterocycles. The summed E-state index contributed by atoms with van der Waals surface area (Å²) in [6.45, 7) is 0.312. The number of hydrogen-bond acceptors (Lipinski definition) is 3. The second-order valence-electron chi connectivity index (χ2n) is 3.21. The molecule has 4 heteroatoms. The molecular formula is C8H15NO3. The highest BCUT2D eigenvalue weighted by Crippen LogP contribution is 2.20. The SMILES string of the molecule is N[C@@H]1CC[C@H](OCCC(=O)O)C1. The number of nitrogens with two attached hydrogens (primary N) is 1. The van der Waals surface area contributed by atoms with Crippen molar-refractivity contribution in [2.45, 2.75) is 37.8 Å². The highest BCUT2D eigenvalue weighted by Gasteiger charge is 2.21. The van der Waals surface area contributed by atoms with E-state index < -0.39 is 5.97 Å². The van der Waals surface area contributed by atoms with Crippen LogP contribution in [0.3, 0.4) is 0 Å². The van der Waals surface area contributed by atoms with Crippen LogP contribution in [0.5, 0.6) is 0 Å². The van der Waals surface area contributed by atoms with Crippen LogP contribution < -0.4 is 5.73 Å². The van der Waals surface area contributed by atoms with Crippen molar-refractivity contribution in [1.29, 1.82) is 0 Å². The minimum Gasteiger partial charge on any atom is -0.481 e. The van der Waals surface area contributed by atoms with Crippen LogP contribution in [0.15, 0.2) is 0 Å². The lowest BCUT2D eigenvalue weighted by molar-refractivity contribution is -0.138. The molecule has 1 rings (SSSR count). The van der Waals surface area contributed by atoms with Crippen molar-refractivity contribution in [3.05, 3.63) is 0 Å². The van der Waals surface area contributed by atoms with Crippen molar-refractivity contribution >= 4 is 5.97 Å². The predicted molar refractivity (Wildman–Crippen MR) is 43.8 cm³/mol. The lowest BCUT2D eigenvalue weighted by atomic mass is 10.3. The van der Waals surface area contributed by atoms with E-state index >= 15 is 0 Å². The first kappa shape index (κ1) is 9.48. The van der Waals surface area contributed by atoms with Gasteiger partial charge in [-0.1, -0.05) is 0 Å². The van der Waals surface area contributed by atoms with Crippen molar-refractivity contribution < 1.29 is 14.6 Å². The summed E-state index contributed by atoms with van der Waals surface area (Å²) in [6, 6.07) is 0.250. The molecule has 1 fully saturated rings. The molecule has 0 saturated heterocycles. The number of carboxylic acids is 1. The van der Waals surface area contributed by atoms with Crippen LogP contribution in [-0.2, 0) is 9.53 Å². The van der Waals surface area contributed by atoms with E-state index in [4.69, 9.17) is 15.6 Å². The van der Waals surface area contributed by atoms with Crippen LogP contribution in [0.2, 0.25) is 0 Å². The van der Waals surface area contributed by atoms with Crippen molar-refractivity contribution in [3.63, 3.8) is 0 Å². The zero-order valence-electron chi connectivity index (χ0n) is 7.03. The van der Waals surface area contributed by atoms with E-state index in [1.807, 2.05) is 0 Å². The fourth-order valence-electron chi connectivity index (χ4n) is 1.44. The van der Waals surface area contributed by atoms with E-state index in [2.05, 4.69) is 0 Å². The second kappa shape index (κ2) is 4.42. The van der Waals surface area contributed by atoms with Crippen molar-refractivity contribution in [1.82, 2.24) is 0 Å². The molecule has 0 unspecified atom stereocenters. The molecule has 0 aliphatic heterocycles. The van der Waals surface area contributed by atoms with Crippen molar-refractivity contribution in [3.8, 4) is 0 Å². The second-order valence-corrected chi connectivity index (χ2v) is 3.21. The molecule has 70 valence electrons. The van der Waals surface area contributed by atoms with Crippen LogP contribution in [0, 0.1) is 0 Å². The third kappa shape index (κ3) is 3.19. The summed E-state index contributed by atoms with van der Waals surface area (Å²) in [7, 11) is 0. The minimum atomic E-state index is -0.808. The van der Waals surface area contributed by atoms with E-state index in [0.717, 1.165) is 19.3 Å². The maximum Gasteiger partial charge on any atom is 0.305 e. The van der Waals surface area contributed by atoms with Gasteiger partial charge < -0.3 is 15.6 Å². The van der Waals surface area contributed by atoms with Gasteiger partial charge in [-0.3, -0.25) is 4.79 Å². The summed E-state index contributed by atoms with van der Waals surface area (Å²) in [4.78, 5) is 10.1. The van der Waals surface area contributed by atoms with Gasteiger partial charge in [-0.15, -0.1) is 0 Å². The number of hydrogen-bond donors (Lipinski definition) is 2. The Kier molecular flexibility index (Phi) is 3.49. The number of rotatable bonds is 4. The molecule has 1 saturated carbocycles. The number of aliphatic carboxylic acids is 1. The van der Waals surface area contributed by atoms with Gasteiger partial charge in [0.1, 0.15) is 0 Å². The molecule has 0 radical (unpaired) electrons. The maximum atomic E-state index is 10.1. The average Bonchev–Trinajstić information content (AvgIpc) is 2.35. The Morgan fingerprint density at radius 3 is 2.83 bits per heavy atom. The third-order valence-electron chi connectivity index (χ3n) is 2.09. The normalized spacial score (nSPS) is 29.1. The van der Waals surface area contributed by atoms with E-state index in [1.54, 1.807) is 0 Å². The largest absolute Gasteiger partial charge is 0.481 e. The molecular weight excluding hydrogens is 158 g/mol. The molecule has 0 bridgehead atoms. The summed E-state index contributed by atoms with van der Waals surface area (Å²) >= 11 is 0. The van der Waals surface area contributed by atoms with Gasteiger partial charge in [0.15, 0.2) is 0 Å². The highest BCUT2D eigenvalue weighted by molar-refractivity contribution is 5.66. The minimum absolute atomic E-state index is 0.0890. The molecule has 0 aromatic rings. The van der Waals surface area contributed by atoms with Crippen molar-refractivity contribution in [2.75, 3.05) is 6.61 Å². The topological polar surface area (TPSA) is 72.5 Å². The Balaban J connectivity index is 2.04. The molecule has 3 N–H and O–H groups in total. The van der Waals surface area contributed by atoms with Gasteiger partial charge in [-0.2, -0.15) is 0 Å². The fraction of sp³-hybridized carbons (Fsp3) is 0.875. The lowest BCUT2D eigenvalue weighted by Crippen LogP contribution is -2.18. The van der Waals surface area contributed by atoms with Gasteiger partial charge in [0.2, 0.25) is 0 Å². The fourth-order valence-corrected chi connectivity index (χ4v) is 1.44. The molecule has 0 aromatic heterocycles. The van der Waals surface area contributed by atoms with E-state index in [1.165, 1.54) is 0 Å². The van der Waals surface area contributed by atoms with Crippen LogP contribution in [0.1, 0.15) is 25.7 Å². The van der Waals surface area contributed by atoms with E-state index in [0.29, 0.717) is 6.61 Å². The first-order valence-corrected chi connectivity index (χ1v) is 4.27. The summed E-state index contributed by atoms with van der Waals surface area (Å²) in [5.74, 6) is -0.808. The number of carbonyl (C=O) groups is 1. The van der Waals surface area contributed by atoms with Crippen LogP contribution in [0.25, 0.3) is 0 Å². The van der Waals surface area contributed by atoms with Gasteiger partial charge in [0.05, 0.1) is 19.1 Å². The molecule has 0 aromatic carbocycles. The summed E-state index contributed by atoms with van der Waals surface area (Å²) < 4.78 is 5.32. The standard InChI is InChI=1S/C8H15NO3/c9-6-1-2-7(5-6)12-4-3-8(10)11/h6-7H,1-5,9H2,(H,10,11)/t6-,7+/m1/s1. The first-order valence-electron chi connectivity index (χ1n) is 4.27. The zero-order chi connectivity index (χ0) is 8.97. The average molecular weight is 173 g/mol. The van der Waals surface area contributed by atoms with Gasteiger partial charge >= 0.3 is 5.97 Å². The van der Waals surface area contributed by atoms with Crippen LogP contribution >= 0.6 is 0 Å². The Bertz CT molecular complexity index is 160. The predicted octanol–water partition coefficient (Wildman–Crippen LogP) is 0.357. The monoisotopic (exact) mass is 173 g/mol. The van der Waals surface area contributed by atoms with Gasteiger partial charge in [-0.25, -0.2) is 0 Å². The lowest BCUT2D eigenvalue weighted by Gasteiger charge is -2.09. The Morgan fingerprint density at radius 2 is 2.33 bits per heavy atom. The molecule has 4 nitrogen and oxygen atoms in total. The van der Waals surface area contributed by atoms with Crippen LogP contribution in [0.4, 0.5) is 0 Å². The maximum absolute atomic E-state index is 10.1. The molecule has 1 aliphatic rings. The third-order valence-corrected chi connectivity index (χ3v) is 2.09. The molecule has 0 spiro atoms. The zero-order valence-corrected chi connectivity index (χ0v) is 7.03. The smallest absolute Gasteiger partial charge is 0.305 e. The molecule has 1 aliphatic carbocycles. The highest BCUT2D eigenvalue weighted by atomic mass is 16.5. The van der Waals surface area contributed by atoms with Gasteiger partial charge in [-0.05, 0) is 19.3 Å². The Hall–Kier alpha value is -0.610.